The minimum absolute atomic E-state index is 0.314. The van der Waals surface area contributed by atoms with Gasteiger partial charge in [-0.3, -0.25) is 4.79 Å². The highest BCUT2D eigenvalue weighted by Crippen LogP contribution is 2.09. The molecule has 0 spiro atoms. The molecule has 4 nitrogen and oxygen atoms in total. The Bertz CT molecular complexity index is 557. The Balaban J connectivity index is 2.64. The smallest absolute Gasteiger partial charge is 0.238 e. The molecule has 1 aromatic carbocycles. The number of hydrogen-bond acceptors (Lipinski definition) is 3. The van der Waals surface area contributed by atoms with Gasteiger partial charge in [0.05, 0.1) is 0 Å². The van der Waals surface area contributed by atoms with Crippen LogP contribution in [-0.4, -0.2) is 31.9 Å². The van der Waals surface area contributed by atoms with Crippen LogP contribution in [0.1, 0.15) is 19.4 Å². The molecule has 0 aromatic heterocycles. The Morgan fingerprint density at radius 1 is 1.32 bits per heavy atom. The third-order valence-electron chi connectivity index (χ3n) is 2.88. The first-order chi connectivity index (χ1) is 8.71. The normalized spacial score (nSPS) is 14.7. The quantitative estimate of drug-likeness (QED) is 0.888. The second kappa shape index (κ2) is 6.14. The van der Waals surface area contributed by atoms with E-state index in [1.54, 1.807) is 25.1 Å². The van der Waals surface area contributed by atoms with Gasteiger partial charge in [-0.2, -0.15) is 0 Å². The van der Waals surface area contributed by atoms with Gasteiger partial charge in [0.25, 0.3) is 0 Å². The van der Waals surface area contributed by atoms with Gasteiger partial charge in [-0.1, -0.05) is 18.2 Å². The number of rotatable bonds is 5. The van der Waals surface area contributed by atoms with Crippen LogP contribution >= 0.6 is 0 Å². The molecule has 19 heavy (non-hydrogen) atoms. The van der Waals surface area contributed by atoms with Crippen molar-refractivity contribution < 1.29 is 17.6 Å². The van der Waals surface area contributed by atoms with E-state index in [1.807, 2.05) is 0 Å². The molecule has 6 heteroatoms. The first kappa shape index (κ1) is 15.6. The molecule has 0 saturated carbocycles. The van der Waals surface area contributed by atoms with Crippen LogP contribution in [0.25, 0.3) is 0 Å². The second-order valence-corrected chi connectivity index (χ2v) is 7.04. The molecule has 0 fully saturated rings. The number of amides is 1. The number of sulfone groups is 1. The van der Waals surface area contributed by atoms with Crippen molar-refractivity contribution in [3.8, 4) is 0 Å². The molecular weight excluding hydrogens is 269 g/mol. The van der Waals surface area contributed by atoms with Gasteiger partial charge in [0, 0.05) is 12.3 Å². The number of carbonyl (C=O) groups excluding carboxylic acids is 1. The first-order valence-electron chi connectivity index (χ1n) is 5.94. The van der Waals surface area contributed by atoms with Gasteiger partial charge in [-0.15, -0.1) is 0 Å². The summed E-state index contributed by atoms with van der Waals surface area (Å²) in [6.07, 6.45) is 1.33. The zero-order valence-corrected chi connectivity index (χ0v) is 12.0. The van der Waals surface area contributed by atoms with E-state index in [1.165, 1.54) is 13.0 Å². The predicted octanol–water partition coefficient (Wildman–Crippen LogP) is 1.31. The molecule has 1 rings (SSSR count). The van der Waals surface area contributed by atoms with Crippen molar-refractivity contribution in [1.29, 1.82) is 0 Å². The Hall–Kier alpha value is -1.43. The summed E-state index contributed by atoms with van der Waals surface area (Å²) in [4.78, 5) is 11.7. The third-order valence-corrected chi connectivity index (χ3v) is 4.38. The average Bonchev–Trinajstić information content (AvgIpc) is 2.29. The van der Waals surface area contributed by atoms with Gasteiger partial charge in [0.1, 0.15) is 11.1 Å². The van der Waals surface area contributed by atoms with Crippen LogP contribution < -0.4 is 5.32 Å². The summed E-state index contributed by atoms with van der Waals surface area (Å²) < 4.78 is 35.9. The molecular formula is C13H18FNO3S. The highest BCUT2D eigenvalue weighted by atomic mass is 32.2. The standard InChI is InChI=1S/C13H18FNO3S/c1-9(8-11-6-4-5-7-12(11)14)15-13(16)10(2)19(3,17)18/h4-7,9-10H,8H2,1-3H3,(H,15,16)/t9-,10-/m1/s1. The van der Waals surface area contributed by atoms with Gasteiger partial charge in [0.15, 0.2) is 9.84 Å². The van der Waals surface area contributed by atoms with Gasteiger partial charge >= 0.3 is 0 Å². The van der Waals surface area contributed by atoms with Crippen LogP contribution in [0.2, 0.25) is 0 Å². The summed E-state index contributed by atoms with van der Waals surface area (Å²) >= 11 is 0. The van der Waals surface area contributed by atoms with E-state index in [2.05, 4.69) is 5.32 Å². The lowest BCUT2D eigenvalue weighted by Crippen LogP contribution is -2.42. The van der Waals surface area contributed by atoms with Gasteiger partial charge in [0.2, 0.25) is 5.91 Å². The van der Waals surface area contributed by atoms with Crippen molar-refractivity contribution in [2.75, 3.05) is 6.26 Å². The van der Waals surface area contributed by atoms with Gasteiger partial charge < -0.3 is 5.32 Å². The highest BCUT2D eigenvalue weighted by molar-refractivity contribution is 7.92. The molecule has 1 aromatic rings. The maximum absolute atomic E-state index is 13.4. The summed E-state index contributed by atoms with van der Waals surface area (Å²) in [5.74, 6) is -0.897. The highest BCUT2D eigenvalue weighted by Gasteiger charge is 2.24. The van der Waals surface area contributed by atoms with Gasteiger partial charge in [-0.25, -0.2) is 12.8 Å². The minimum Gasteiger partial charge on any atom is -0.352 e. The van der Waals surface area contributed by atoms with E-state index in [9.17, 15) is 17.6 Å². The van der Waals surface area contributed by atoms with Crippen LogP contribution in [0.15, 0.2) is 24.3 Å². The van der Waals surface area contributed by atoms with Crippen LogP contribution in [0.3, 0.4) is 0 Å². The Morgan fingerprint density at radius 2 is 1.89 bits per heavy atom. The average molecular weight is 287 g/mol. The van der Waals surface area contributed by atoms with E-state index in [0.29, 0.717) is 12.0 Å². The molecule has 1 N–H and O–H groups in total. The van der Waals surface area contributed by atoms with Crippen molar-refractivity contribution >= 4 is 15.7 Å². The third kappa shape index (κ3) is 4.63. The molecule has 0 aliphatic rings. The lowest BCUT2D eigenvalue weighted by molar-refractivity contribution is -0.121. The number of carbonyl (C=O) groups is 1. The number of hydrogen-bond donors (Lipinski definition) is 1. The molecule has 0 radical (unpaired) electrons. The number of halogens is 1. The molecule has 106 valence electrons. The van der Waals surface area contributed by atoms with E-state index in [4.69, 9.17) is 0 Å². The fourth-order valence-electron chi connectivity index (χ4n) is 1.60. The summed E-state index contributed by atoms with van der Waals surface area (Å²) in [5, 5.41) is 1.48. The fraction of sp³-hybridized carbons (Fsp3) is 0.462. The Kier molecular flexibility index (Phi) is 5.05. The van der Waals surface area contributed by atoms with Crippen LogP contribution in [0.5, 0.6) is 0 Å². The van der Waals surface area contributed by atoms with Crippen molar-refractivity contribution in [1.82, 2.24) is 5.32 Å². The van der Waals surface area contributed by atoms with Crippen molar-refractivity contribution in [3.63, 3.8) is 0 Å². The molecule has 1 amide bonds. The fourth-order valence-corrected chi connectivity index (χ4v) is 2.06. The number of nitrogens with one attached hydrogen (secondary N) is 1. The van der Waals surface area contributed by atoms with E-state index >= 15 is 0 Å². The van der Waals surface area contributed by atoms with Gasteiger partial charge in [-0.05, 0) is 31.9 Å². The maximum Gasteiger partial charge on any atom is 0.238 e. The SMILES string of the molecule is C[C@H](Cc1ccccc1F)NC(=O)[C@@H](C)S(C)(=O)=O. The van der Waals surface area contributed by atoms with Crippen LogP contribution in [-0.2, 0) is 21.1 Å². The van der Waals surface area contributed by atoms with E-state index in [-0.39, 0.29) is 11.9 Å². The van der Waals surface area contributed by atoms with Crippen molar-refractivity contribution in [3.05, 3.63) is 35.6 Å². The lowest BCUT2D eigenvalue weighted by atomic mass is 10.1. The summed E-state index contributed by atoms with van der Waals surface area (Å²) in [6, 6.07) is 5.95. The van der Waals surface area contributed by atoms with E-state index < -0.39 is 21.0 Å². The van der Waals surface area contributed by atoms with Crippen LogP contribution in [0, 0.1) is 5.82 Å². The minimum atomic E-state index is -3.41. The zero-order chi connectivity index (χ0) is 14.6. The van der Waals surface area contributed by atoms with E-state index in [0.717, 1.165) is 6.26 Å². The largest absolute Gasteiger partial charge is 0.352 e. The monoisotopic (exact) mass is 287 g/mol. The molecule has 0 heterocycles. The molecule has 2 atom stereocenters. The van der Waals surface area contributed by atoms with Crippen molar-refractivity contribution in [2.45, 2.75) is 31.6 Å². The maximum atomic E-state index is 13.4. The molecule has 0 aliphatic heterocycles. The second-order valence-electron chi connectivity index (χ2n) is 4.68. The molecule has 0 saturated heterocycles. The first-order valence-corrected chi connectivity index (χ1v) is 7.90. The number of benzene rings is 1. The predicted molar refractivity (Wildman–Crippen MR) is 72.0 cm³/mol. The zero-order valence-electron chi connectivity index (χ0n) is 11.2. The molecule has 0 bridgehead atoms. The lowest BCUT2D eigenvalue weighted by Gasteiger charge is -2.17. The molecule has 0 aliphatic carbocycles. The summed E-state index contributed by atoms with van der Waals surface area (Å²) in [5.41, 5.74) is 0.488. The molecule has 0 unspecified atom stereocenters. The van der Waals surface area contributed by atoms with Crippen LogP contribution in [0.4, 0.5) is 4.39 Å². The summed E-state index contributed by atoms with van der Waals surface area (Å²) in [7, 11) is -3.41. The Labute approximate surface area is 112 Å². The Morgan fingerprint density at radius 3 is 2.42 bits per heavy atom. The van der Waals surface area contributed by atoms with Crippen molar-refractivity contribution in [2.24, 2.45) is 0 Å². The summed E-state index contributed by atoms with van der Waals surface area (Å²) in [6.45, 7) is 3.04. The topological polar surface area (TPSA) is 63.2 Å².